The van der Waals surface area contributed by atoms with E-state index in [9.17, 15) is 14.9 Å². The van der Waals surface area contributed by atoms with Crippen LogP contribution in [0.4, 0.5) is 11.4 Å². The number of carboxylic acids is 1. The van der Waals surface area contributed by atoms with E-state index in [4.69, 9.17) is 16.7 Å². The van der Waals surface area contributed by atoms with Crippen LogP contribution in [0.5, 0.6) is 0 Å². The summed E-state index contributed by atoms with van der Waals surface area (Å²) in [7, 11) is 0. The van der Waals surface area contributed by atoms with Gasteiger partial charge in [0.1, 0.15) is 5.69 Å². The Hall–Kier alpha value is -1.82. The highest BCUT2D eigenvalue weighted by atomic mass is 35.5. The fraction of sp³-hybridized carbons (Fsp3) is 0.417. The molecule has 1 aliphatic rings. The van der Waals surface area contributed by atoms with Crippen molar-refractivity contribution >= 4 is 28.9 Å². The maximum Gasteiger partial charge on any atom is 0.305 e. The van der Waals surface area contributed by atoms with Crippen molar-refractivity contribution in [2.75, 3.05) is 11.4 Å². The Bertz CT molecular complexity index is 520. The van der Waals surface area contributed by atoms with Gasteiger partial charge in [0.05, 0.1) is 11.3 Å². The molecular formula is C12H13ClN2O4. The Labute approximate surface area is 114 Å². The van der Waals surface area contributed by atoms with Crippen LogP contribution in [-0.4, -0.2) is 28.6 Å². The Balaban J connectivity index is 2.36. The molecule has 6 nitrogen and oxygen atoms in total. The minimum Gasteiger partial charge on any atom is -0.481 e. The van der Waals surface area contributed by atoms with Gasteiger partial charge in [0, 0.05) is 23.7 Å². The first kappa shape index (κ1) is 13.6. The highest BCUT2D eigenvalue weighted by Crippen LogP contribution is 2.36. The Morgan fingerprint density at radius 2 is 2.32 bits per heavy atom. The van der Waals surface area contributed by atoms with Crippen molar-refractivity contribution in [2.45, 2.75) is 25.3 Å². The SMILES string of the molecule is O=C(O)CC1CCCN1c1cc(Cl)ccc1[N+](=O)[O-]. The minimum absolute atomic E-state index is 0.0241. The predicted octanol–water partition coefficient (Wildman–Crippen LogP) is 2.69. The molecule has 1 saturated heterocycles. The van der Waals surface area contributed by atoms with Crippen LogP contribution in [0.3, 0.4) is 0 Å². The van der Waals surface area contributed by atoms with Gasteiger partial charge < -0.3 is 10.0 Å². The number of nitro groups is 1. The second kappa shape index (κ2) is 5.44. The normalized spacial score (nSPS) is 18.6. The molecule has 7 heteroatoms. The highest BCUT2D eigenvalue weighted by molar-refractivity contribution is 6.31. The summed E-state index contributed by atoms with van der Waals surface area (Å²) in [6, 6.07) is 4.13. The average Bonchev–Trinajstić information content (AvgIpc) is 2.75. The lowest BCUT2D eigenvalue weighted by atomic mass is 10.1. The maximum absolute atomic E-state index is 11.0. The van der Waals surface area contributed by atoms with Crippen LogP contribution >= 0.6 is 11.6 Å². The van der Waals surface area contributed by atoms with E-state index in [-0.39, 0.29) is 18.2 Å². The fourth-order valence-corrected chi connectivity index (χ4v) is 2.61. The van der Waals surface area contributed by atoms with E-state index in [0.29, 0.717) is 17.3 Å². The second-order valence-electron chi connectivity index (χ2n) is 4.48. The molecule has 0 amide bonds. The van der Waals surface area contributed by atoms with Crippen molar-refractivity contribution in [3.63, 3.8) is 0 Å². The molecule has 1 aromatic carbocycles. The number of hydrogen-bond acceptors (Lipinski definition) is 4. The van der Waals surface area contributed by atoms with Crippen LogP contribution in [0, 0.1) is 10.1 Å². The molecule has 102 valence electrons. The van der Waals surface area contributed by atoms with Gasteiger partial charge >= 0.3 is 5.97 Å². The summed E-state index contributed by atoms with van der Waals surface area (Å²) >= 11 is 5.89. The molecule has 2 rings (SSSR count). The Morgan fingerprint density at radius 3 is 2.95 bits per heavy atom. The van der Waals surface area contributed by atoms with Gasteiger partial charge in [-0.3, -0.25) is 14.9 Å². The summed E-state index contributed by atoms with van der Waals surface area (Å²) in [6.45, 7) is 0.610. The van der Waals surface area contributed by atoms with Gasteiger partial charge in [0.2, 0.25) is 0 Å². The fourth-order valence-electron chi connectivity index (χ4n) is 2.45. The summed E-state index contributed by atoms with van der Waals surface area (Å²) in [5.41, 5.74) is 0.364. The Morgan fingerprint density at radius 1 is 1.58 bits per heavy atom. The molecule has 0 aromatic heterocycles. The van der Waals surface area contributed by atoms with E-state index >= 15 is 0 Å². The third kappa shape index (κ3) is 2.96. The minimum atomic E-state index is -0.901. The van der Waals surface area contributed by atoms with E-state index in [1.165, 1.54) is 18.2 Å². The number of nitro benzene ring substituents is 1. The highest BCUT2D eigenvalue weighted by Gasteiger charge is 2.31. The van der Waals surface area contributed by atoms with Gasteiger partial charge in [0.15, 0.2) is 0 Å². The lowest BCUT2D eigenvalue weighted by molar-refractivity contribution is -0.384. The summed E-state index contributed by atoms with van der Waals surface area (Å²) in [4.78, 5) is 23.2. The molecular weight excluding hydrogens is 272 g/mol. The van der Waals surface area contributed by atoms with E-state index in [2.05, 4.69) is 0 Å². The molecule has 1 aliphatic heterocycles. The molecule has 0 spiro atoms. The second-order valence-corrected chi connectivity index (χ2v) is 4.91. The number of rotatable bonds is 4. The lowest BCUT2D eigenvalue weighted by Crippen LogP contribution is -2.31. The maximum atomic E-state index is 11.0. The van der Waals surface area contributed by atoms with Gasteiger partial charge in [-0.2, -0.15) is 0 Å². The molecule has 1 unspecified atom stereocenters. The number of hydrogen-bond donors (Lipinski definition) is 1. The zero-order valence-corrected chi connectivity index (χ0v) is 10.8. The first-order valence-corrected chi connectivity index (χ1v) is 6.29. The molecule has 1 fully saturated rings. The topological polar surface area (TPSA) is 83.7 Å². The van der Waals surface area contributed by atoms with Crippen molar-refractivity contribution in [1.29, 1.82) is 0 Å². The van der Waals surface area contributed by atoms with Crippen molar-refractivity contribution in [1.82, 2.24) is 0 Å². The zero-order chi connectivity index (χ0) is 14.0. The largest absolute Gasteiger partial charge is 0.481 e. The quantitative estimate of drug-likeness (QED) is 0.679. The molecule has 1 heterocycles. The standard InChI is InChI=1S/C12H13ClN2O4/c13-8-3-4-10(15(18)19)11(6-8)14-5-1-2-9(14)7-12(16)17/h3-4,6,9H,1-2,5,7H2,(H,16,17). The Kier molecular flexibility index (Phi) is 3.90. The third-order valence-corrected chi connectivity index (χ3v) is 3.47. The number of carbonyl (C=O) groups is 1. The number of nitrogens with zero attached hydrogens (tertiary/aromatic N) is 2. The predicted molar refractivity (Wildman–Crippen MR) is 70.7 cm³/mol. The van der Waals surface area contributed by atoms with Crippen LogP contribution in [0.15, 0.2) is 18.2 Å². The molecule has 1 atom stereocenters. The monoisotopic (exact) mass is 284 g/mol. The summed E-state index contributed by atoms with van der Waals surface area (Å²) in [5.74, 6) is -0.901. The average molecular weight is 285 g/mol. The molecule has 0 aliphatic carbocycles. The van der Waals surface area contributed by atoms with Crippen LogP contribution < -0.4 is 4.90 Å². The van der Waals surface area contributed by atoms with Gasteiger partial charge in [-0.25, -0.2) is 0 Å². The molecule has 1 N–H and O–H groups in total. The van der Waals surface area contributed by atoms with Crippen molar-refractivity contribution in [3.05, 3.63) is 33.3 Å². The van der Waals surface area contributed by atoms with Crippen LogP contribution in [0.1, 0.15) is 19.3 Å². The first-order chi connectivity index (χ1) is 8.99. The number of anilines is 1. The van der Waals surface area contributed by atoms with Crippen molar-refractivity contribution in [3.8, 4) is 0 Å². The smallest absolute Gasteiger partial charge is 0.305 e. The van der Waals surface area contributed by atoms with E-state index in [1.54, 1.807) is 4.90 Å². The van der Waals surface area contributed by atoms with Crippen molar-refractivity contribution < 1.29 is 14.8 Å². The molecule has 1 aromatic rings. The zero-order valence-electron chi connectivity index (χ0n) is 10.1. The summed E-state index contributed by atoms with van der Waals surface area (Å²) in [5, 5.41) is 20.3. The van der Waals surface area contributed by atoms with E-state index in [1.807, 2.05) is 0 Å². The molecule has 0 saturated carbocycles. The van der Waals surface area contributed by atoms with Gasteiger partial charge in [-0.1, -0.05) is 11.6 Å². The number of halogens is 1. The molecule has 19 heavy (non-hydrogen) atoms. The third-order valence-electron chi connectivity index (χ3n) is 3.23. The van der Waals surface area contributed by atoms with Crippen LogP contribution in [-0.2, 0) is 4.79 Å². The van der Waals surface area contributed by atoms with Crippen LogP contribution in [0.2, 0.25) is 5.02 Å². The lowest BCUT2D eigenvalue weighted by Gasteiger charge is -2.25. The molecule has 0 bridgehead atoms. The van der Waals surface area contributed by atoms with Gasteiger partial charge in [-0.05, 0) is 25.0 Å². The van der Waals surface area contributed by atoms with Gasteiger partial charge in [0.25, 0.3) is 5.69 Å². The summed E-state index contributed by atoms with van der Waals surface area (Å²) < 4.78 is 0. The number of benzene rings is 1. The number of aliphatic carboxylic acids is 1. The van der Waals surface area contributed by atoms with Crippen LogP contribution in [0.25, 0.3) is 0 Å². The molecule has 0 radical (unpaired) electrons. The summed E-state index contributed by atoms with van der Waals surface area (Å²) in [6.07, 6.45) is 1.52. The van der Waals surface area contributed by atoms with E-state index < -0.39 is 10.9 Å². The van der Waals surface area contributed by atoms with E-state index in [0.717, 1.165) is 12.8 Å². The first-order valence-electron chi connectivity index (χ1n) is 5.91. The van der Waals surface area contributed by atoms with Crippen molar-refractivity contribution in [2.24, 2.45) is 0 Å². The number of carboxylic acid groups (broad SMARTS) is 1. The van der Waals surface area contributed by atoms with Gasteiger partial charge in [-0.15, -0.1) is 0 Å².